The Labute approximate surface area is 175 Å². The second-order valence-corrected chi connectivity index (χ2v) is 7.41. The van der Waals surface area contributed by atoms with Gasteiger partial charge in [0.05, 0.1) is 0 Å². The third kappa shape index (κ3) is 5.42. The largest absolute Gasteiger partial charge is 0.486 e. The van der Waals surface area contributed by atoms with Crippen LogP contribution in [0.5, 0.6) is 11.5 Å². The quantitative estimate of drug-likeness (QED) is 0.678. The third-order valence-corrected chi connectivity index (χ3v) is 5.13. The molecular formula is C22H26N4O4. The lowest BCUT2D eigenvalue weighted by Crippen LogP contribution is -2.36. The van der Waals surface area contributed by atoms with Crippen LogP contribution in [0.15, 0.2) is 48.5 Å². The third-order valence-electron chi connectivity index (χ3n) is 5.13. The molecule has 0 saturated carbocycles. The molecule has 0 aromatic heterocycles. The Morgan fingerprint density at radius 3 is 2.63 bits per heavy atom. The van der Waals surface area contributed by atoms with Gasteiger partial charge in [0.1, 0.15) is 13.2 Å². The number of fused-ring (bicyclic) bond motifs is 1. The van der Waals surface area contributed by atoms with E-state index < -0.39 is 6.03 Å². The zero-order chi connectivity index (χ0) is 20.8. The molecule has 30 heavy (non-hydrogen) atoms. The van der Waals surface area contributed by atoms with Crippen LogP contribution in [-0.2, 0) is 4.79 Å². The fourth-order valence-electron chi connectivity index (χ4n) is 3.66. The molecular weight excluding hydrogens is 384 g/mol. The van der Waals surface area contributed by atoms with Crippen molar-refractivity contribution in [3.8, 4) is 11.5 Å². The monoisotopic (exact) mass is 410 g/mol. The summed E-state index contributed by atoms with van der Waals surface area (Å²) < 4.78 is 10.9. The van der Waals surface area contributed by atoms with Crippen LogP contribution >= 0.6 is 0 Å². The number of hydrogen-bond acceptors (Lipinski definition) is 6. The fourth-order valence-corrected chi connectivity index (χ4v) is 3.66. The number of carbonyl (C=O) groups is 2. The Balaban J connectivity index is 1.17. The Hall–Kier alpha value is -3.26. The molecule has 1 fully saturated rings. The number of ether oxygens (including phenoxy) is 2. The van der Waals surface area contributed by atoms with Crippen molar-refractivity contribution < 1.29 is 19.1 Å². The van der Waals surface area contributed by atoms with Gasteiger partial charge in [-0.2, -0.15) is 0 Å². The predicted molar refractivity (Wildman–Crippen MR) is 114 cm³/mol. The van der Waals surface area contributed by atoms with Gasteiger partial charge in [-0.3, -0.25) is 10.1 Å². The van der Waals surface area contributed by atoms with E-state index >= 15 is 0 Å². The zero-order valence-electron chi connectivity index (χ0n) is 16.7. The highest BCUT2D eigenvalue weighted by atomic mass is 16.6. The number of rotatable bonds is 6. The molecule has 158 valence electrons. The summed E-state index contributed by atoms with van der Waals surface area (Å²) in [4.78, 5) is 26.5. The summed E-state index contributed by atoms with van der Waals surface area (Å²) in [6.45, 7) is 3.41. The van der Waals surface area contributed by atoms with E-state index in [0.29, 0.717) is 43.0 Å². The number of benzene rings is 2. The van der Waals surface area contributed by atoms with Gasteiger partial charge in [0.15, 0.2) is 11.5 Å². The maximum absolute atomic E-state index is 12.1. The van der Waals surface area contributed by atoms with E-state index in [1.54, 1.807) is 18.2 Å². The van der Waals surface area contributed by atoms with Gasteiger partial charge in [-0.05, 0) is 30.7 Å². The lowest BCUT2D eigenvalue weighted by molar-refractivity contribution is -0.120. The van der Waals surface area contributed by atoms with Crippen LogP contribution in [-0.4, -0.2) is 55.7 Å². The number of urea groups is 1. The number of imide groups is 1. The molecule has 2 aliphatic rings. The number of carbonyl (C=O) groups excluding carboxylic acids is 2. The average molecular weight is 410 g/mol. The summed E-state index contributed by atoms with van der Waals surface area (Å²) in [6, 6.07) is 15.1. The Kier molecular flexibility index (Phi) is 6.34. The molecule has 1 saturated heterocycles. The molecule has 2 heterocycles. The van der Waals surface area contributed by atoms with Crippen LogP contribution in [0.3, 0.4) is 0 Å². The summed E-state index contributed by atoms with van der Waals surface area (Å²) in [5.74, 6) is 0.927. The molecule has 8 nitrogen and oxygen atoms in total. The molecule has 3 amide bonds. The van der Waals surface area contributed by atoms with Crippen molar-refractivity contribution in [1.82, 2.24) is 10.2 Å². The highest BCUT2D eigenvalue weighted by molar-refractivity contribution is 6.01. The Morgan fingerprint density at radius 1 is 1.00 bits per heavy atom. The van der Waals surface area contributed by atoms with E-state index in [9.17, 15) is 9.59 Å². The number of likely N-dealkylation sites (tertiary alicyclic amines) is 1. The lowest BCUT2D eigenvalue weighted by Gasteiger charge is -2.19. The van der Waals surface area contributed by atoms with Crippen LogP contribution in [0, 0.1) is 0 Å². The predicted octanol–water partition coefficient (Wildman–Crippen LogP) is 2.68. The first-order valence-corrected chi connectivity index (χ1v) is 10.2. The molecule has 2 aliphatic heterocycles. The minimum absolute atomic E-state index is 0.270. The topological polar surface area (TPSA) is 91.9 Å². The molecule has 8 heteroatoms. The van der Waals surface area contributed by atoms with Crippen molar-refractivity contribution in [3.05, 3.63) is 48.5 Å². The van der Waals surface area contributed by atoms with Gasteiger partial charge in [-0.25, -0.2) is 4.79 Å². The second kappa shape index (κ2) is 9.49. The molecule has 2 aromatic rings. The summed E-state index contributed by atoms with van der Waals surface area (Å²) in [5.41, 5.74) is 1.65. The Morgan fingerprint density at radius 2 is 1.80 bits per heavy atom. The average Bonchev–Trinajstić information content (AvgIpc) is 3.20. The van der Waals surface area contributed by atoms with Crippen molar-refractivity contribution in [2.75, 3.05) is 43.5 Å². The Bertz CT molecular complexity index is 890. The van der Waals surface area contributed by atoms with E-state index in [2.05, 4.69) is 33.0 Å². The number of amides is 3. The number of hydrogen-bond donors (Lipinski definition) is 3. The van der Waals surface area contributed by atoms with Gasteiger partial charge >= 0.3 is 6.03 Å². The first kappa shape index (κ1) is 20.0. The van der Waals surface area contributed by atoms with Gasteiger partial charge in [0.2, 0.25) is 5.91 Å². The summed E-state index contributed by atoms with van der Waals surface area (Å²) in [6.07, 6.45) is 1.30. The van der Waals surface area contributed by atoms with E-state index in [4.69, 9.17) is 9.47 Å². The molecule has 1 atom stereocenters. The van der Waals surface area contributed by atoms with Crippen LogP contribution in [0.4, 0.5) is 16.2 Å². The summed E-state index contributed by atoms with van der Waals surface area (Å²) >= 11 is 0. The standard InChI is InChI=1S/C22H26N4O4/c27-21(9-11-26-10-8-18(15-26)23-16-4-2-1-3-5-16)25-22(28)24-17-6-7-19-20(14-17)30-13-12-29-19/h1-7,14,18,23H,8-13,15H2,(H2,24,25,27,28). The molecule has 3 N–H and O–H groups in total. The van der Waals surface area contributed by atoms with Crippen molar-refractivity contribution in [1.29, 1.82) is 0 Å². The molecule has 4 rings (SSSR count). The summed E-state index contributed by atoms with van der Waals surface area (Å²) in [7, 11) is 0. The highest BCUT2D eigenvalue weighted by Gasteiger charge is 2.23. The second-order valence-electron chi connectivity index (χ2n) is 7.41. The van der Waals surface area contributed by atoms with Crippen molar-refractivity contribution in [2.45, 2.75) is 18.9 Å². The summed E-state index contributed by atoms with van der Waals surface area (Å²) in [5, 5.41) is 8.55. The van der Waals surface area contributed by atoms with Gasteiger partial charge in [0, 0.05) is 49.5 Å². The first-order chi connectivity index (χ1) is 14.7. The minimum atomic E-state index is -0.554. The van der Waals surface area contributed by atoms with Gasteiger partial charge < -0.3 is 25.0 Å². The van der Waals surface area contributed by atoms with Crippen LogP contribution in [0.2, 0.25) is 0 Å². The smallest absolute Gasteiger partial charge is 0.325 e. The zero-order valence-corrected chi connectivity index (χ0v) is 16.7. The highest BCUT2D eigenvalue weighted by Crippen LogP contribution is 2.32. The number of nitrogens with zero attached hydrogens (tertiary/aromatic N) is 1. The van der Waals surface area contributed by atoms with E-state index in [1.165, 1.54) is 0 Å². The van der Waals surface area contributed by atoms with E-state index in [0.717, 1.165) is 25.2 Å². The lowest BCUT2D eigenvalue weighted by atomic mass is 10.2. The first-order valence-electron chi connectivity index (χ1n) is 10.2. The van der Waals surface area contributed by atoms with E-state index in [1.807, 2.05) is 18.2 Å². The van der Waals surface area contributed by atoms with E-state index in [-0.39, 0.29) is 12.3 Å². The minimum Gasteiger partial charge on any atom is -0.486 e. The molecule has 0 bridgehead atoms. The normalized spacial score (nSPS) is 17.9. The molecule has 0 radical (unpaired) electrons. The number of nitrogens with one attached hydrogen (secondary N) is 3. The van der Waals surface area contributed by atoms with Crippen molar-refractivity contribution in [3.63, 3.8) is 0 Å². The van der Waals surface area contributed by atoms with Gasteiger partial charge in [-0.1, -0.05) is 18.2 Å². The maximum Gasteiger partial charge on any atom is 0.325 e. The van der Waals surface area contributed by atoms with Crippen molar-refractivity contribution >= 4 is 23.3 Å². The van der Waals surface area contributed by atoms with Gasteiger partial charge in [-0.15, -0.1) is 0 Å². The fraction of sp³-hybridized carbons (Fsp3) is 0.364. The maximum atomic E-state index is 12.1. The van der Waals surface area contributed by atoms with Gasteiger partial charge in [0.25, 0.3) is 0 Å². The van der Waals surface area contributed by atoms with Crippen LogP contribution < -0.4 is 25.4 Å². The SMILES string of the molecule is O=C(CCN1CCC(Nc2ccccc2)C1)NC(=O)Nc1ccc2c(c1)OCCO2. The van der Waals surface area contributed by atoms with Crippen molar-refractivity contribution in [2.24, 2.45) is 0 Å². The molecule has 0 spiro atoms. The van der Waals surface area contributed by atoms with Crippen LogP contribution in [0.1, 0.15) is 12.8 Å². The van der Waals surface area contributed by atoms with Crippen LogP contribution in [0.25, 0.3) is 0 Å². The molecule has 0 aliphatic carbocycles. The molecule has 1 unspecified atom stereocenters. The number of para-hydroxylation sites is 1. The number of anilines is 2. The molecule has 2 aromatic carbocycles.